The van der Waals surface area contributed by atoms with Gasteiger partial charge in [0.05, 0.1) is 11.4 Å². The fraction of sp³-hybridized carbons (Fsp3) is 0.667. The summed E-state index contributed by atoms with van der Waals surface area (Å²) >= 11 is 1.71. The molecule has 1 aliphatic carbocycles. The highest BCUT2D eigenvalue weighted by Crippen LogP contribution is 2.35. The van der Waals surface area contributed by atoms with Gasteiger partial charge in [-0.3, -0.25) is 4.40 Å². The van der Waals surface area contributed by atoms with Crippen molar-refractivity contribution in [2.24, 2.45) is 5.41 Å². The van der Waals surface area contributed by atoms with Gasteiger partial charge in [-0.1, -0.05) is 26.2 Å². The van der Waals surface area contributed by atoms with E-state index in [1.54, 1.807) is 11.3 Å². The third-order valence-electron chi connectivity index (χ3n) is 4.47. The fourth-order valence-electron chi connectivity index (χ4n) is 3.22. The van der Waals surface area contributed by atoms with Crippen LogP contribution in [0.25, 0.3) is 4.96 Å². The molecule has 0 unspecified atom stereocenters. The van der Waals surface area contributed by atoms with Gasteiger partial charge < -0.3 is 5.32 Å². The molecule has 3 nitrogen and oxygen atoms in total. The molecular formula is C15H23N3S. The summed E-state index contributed by atoms with van der Waals surface area (Å²) in [7, 11) is 0. The first-order valence-electron chi connectivity index (χ1n) is 7.30. The van der Waals surface area contributed by atoms with Crippen molar-refractivity contribution in [1.29, 1.82) is 0 Å². The molecule has 0 aromatic carbocycles. The number of aryl methyl sites for hydroxylation is 1. The van der Waals surface area contributed by atoms with Gasteiger partial charge in [0.15, 0.2) is 4.96 Å². The Morgan fingerprint density at radius 3 is 2.95 bits per heavy atom. The summed E-state index contributed by atoms with van der Waals surface area (Å²) < 4.78 is 2.22. The summed E-state index contributed by atoms with van der Waals surface area (Å²) in [4.78, 5) is 5.71. The maximum atomic E-state index is 4.60. The van der Waals surface area contributed by atoms with Gasteiger partial charge in [0.2, 0.25) is 0 Å². The molecule has 2 aromatic rings. The second-order valence-electron chi connectivity index (χ2n) is 6.17. The van der Waals surface area contributed by atoms with Crippen LogP contribution in [0.4, 0.5) is 0 Å². The lowest BCUT2D eigenvalue weighted by atomic mass is 9.76. The highest BCUT2D eigenvalue weighted by molar-refractivity contribution is 7.15. The lowest BCUT2D eigenvalue weighted by Gasteiger charge is -2.33. The average molecular weight is 277 g/mol. The van der Waals surface area contributed by atoms with Crippen LogP contribution in [0.5, 0.6) is 0 Å². The highest BCUT2D eigenvalue weighted by atomic mass is 32.1. The van der Waals surface area contributed by atoms with E-state index < -0.39 is 0 Å². The number of hydrogen-bond acceptors (Lipinski definition) is 3. The minimum atomic E-state index is 0.505. The average Bonchev–Trinajstić information content (AvgIpc) is 2.93. The van der Waals surface area contributed by atoms with Crippen LogP contribution in [0.3, 0.4) is 0 Å². The van der Waals surface area contributed by atoms with Crippen molar-refractivity contribution >= 4 is 16.3 Å². The first-order chi connectivity index (χ1) is 9.18. The first kappa shape index (κ1) is 13.1. The van der Waals surface area contributed by atoms with E-state index in [4.69, 9.17) is 0 Å². The Hall–Kier alpha value is -0.870. The van der Waals surface area contributed by atoms with Gasteiger partial charge in [-0.15, -0.1) is 11.3 Å². The molecule has 0 spiro atoms. The zero-order valence-corrected chi connectivity index (χ0v) is 12.7. The molecule has 2 heterocycles. The molecule has 0 atom stereocenters. The van der Waals surface area contributed by atoms with Crippen LogP contribution in [0.2, 0.25) is 0 Å². The molecule has 1 N–H and O–H groups in total. The molecule has 104 valence electrons. The zero-order chi connectivity index (χ0) is 13.3. The number of hydrogen-bond donors (Lipinski definition) is 1. The molecule has 1 saturated carbocycles. The van der Waals surface area contributed by atoms with Crippen LogP contribution in [0, 0.1) is 12.3 Å². The Balaban J connectivity index is 1.63. The maximum absolute atomic E-state index is 4.60. The van der Waals surface area contributed by atoms with Gasteiger partial charge >= 0.3 is 0 Å². The molecule has 4 heteroatoms. The van der Waals surface area contributed by atoms with Gasteiger partial charge in [-0.25, -0.2) is 4.98 Å². The summed E-state index contributed by atoms with van der Waals surface area (Å²) in [5.41, 5.74) is 2.98. The number of nitrogens with one attached hydrogen (secondary N) is 1. The number of nitrogens with zero attached hydrogens (tertiary/aromatic N) is 2. The number of rotatable bonds is 4. The normalized spacial score (nSPS) is 19.1. The molecule has 0 amide bonds. The van der Waals surface area contributed by atoms with Gasteiger partial charge in [-0.2, -0.15) is 0 Å². The maximum Gasteiger partial charge on any atom is 0.194 e. The monoisotopic (exact) mass is 277 g/mol. The van der Waals surface area contributed by atoms with Crippen molar-refractivity contribution in [3.8, 4) is 0 Å². The number of fused-ring (bicyclic) bond motifs is 1. The van der Waals surface area contributed by atoms with Crippen LogP contribution in [0.15, 0.2) is 11.6 Å². The van der Waals surface area contributed by atoms with E-state index in [9.17, 15) is 0 Å². The lowest BCUT2D eigenvalue weighted by molar-refractivity contribution is 0.207. The third kappa shape index (κ3) is 2.70. The van der Waals surface area contributed by atoms with E-state index in [1.807, 2.05) is 0 Å². The van der Waals surface area contributed by atoms with Gasteiger partial charge in [0, 0.05) is 24.7 Å². The van der Waals surface area contributed by atoms with E-state index in [1.165, 1.54) is 37.8 Å². The standard InChI is InChI=1S/C15H23N3S/c1-12-13(18-8-9-19-14(18)17-12)10-16-11-15(2)6-4-3-5-7-15/h8-9,16H,3-7,10-11H2,1-2H3. The Kier molecular flexibility index (Phi) is 3.63. The second-order valence-corrected chi connectivity index (χ2v) is 7.05. The zero-order valence-electron chi connectivity index (χ0n) is 11.9. The van der Waals surface area contributed by atoms with Crippen molar-refractivity contribution in [1.82, 2.24) is 14.7 Å². The molecule has 0 saturated heterocycles. The van der Waals surface area contributed by atoms with E-state index in [0.29, 0.717) is 5.41 Å². The number of aromatic nitrogens is 2. The molecule has 0 radical (unpaired) electrons. The summed E-state index contributed by atoms with van der Waals surface area (Å²) in [6.07, 6.45) is 9.10. The van der Waals surface area contributed by atoms with Gasteiger partial charge in [0.25, 0.3) is 0 Å². The molecule has 0 bridgehead atoms. The molecule has 0 aliphatic heterocycles. The molecule has 1 aliphatic rings. The number of thiazole rings is 1. The second kappa shape index (κ2) is 5.25. The molecular weight excluding hydrogens is 254 g/mol. The minimum absolute atomic E-state index is 0.505. The predicted octanol–water partition coefficient (Wildman–Crippen LogP) is 3.76. The summed E-state index contributed by atoms with van der Waals surface area (Å²) in [5.74, 6) is 0. The van der Waals surface area contributed by atoms with Gasteiger partial charge in [-0.05, 0) is 25.2 Å². The summed E-state index contributed by atoms with van der Waals surface area (Å²) in [5, 5.41) is 5.77. The van der Waals surface area contributed by atoms with Crippen molar-refractivity contribution in [3.63, 3.8) is 0 Å². The van der Waals surface area contributed by atoms with Crippen LogP contribution in [0.1, 0.15) is 50.4 Å². The largest absolute Gasteiger partial charge is 0.311 e. The summed E-state index contributed by atoms with van der Waals surface area (Å²) in [6.45, 7) is 6.60. The van der Waals surface area contributed by atoms with Crippen LogP contribution in [-0.2, 0) is 6.54 Å². The van der Waals surface area contributed by atoms with E-state index in [0.717, 1.165) is 23.7 Å². The van der Waals surface area contributed by atoms with E-state index in [2.05, 4.69) is 40.1 Å². The highest BCUT2D eigenvalue weighted by Gasteiger charge is 2.26. The van der Waals surface area contributed by atoms with E-state index in [-0.39, 0.29) is 0 Å². The predicted molar refractivity (Wildman–Crippen MR) is 80.7 cm³/mol. The van der Waals surface area contributed by atoms with Crippen LogP contribution < -0.4 is 5.32 Å². The smallest absolute Gasteiger partial charge is 0.194 e. The Labute approximate surface area is 119 Å². The first-order valence-corrected chi connectivity index (χ1v) is 8.18. The van der Waals surface area contributed by atoms with E-state index >= 15 is 0 Å². The Morgan fingerprint density at radius 1 is 1.37 bits per heavy atom. The van der Waals surface area contributed by atoms with Crippen molar-refractivity contribution in [2.75, 3.05) is 6.54 Å². The number of imidazole rings is 1. The van der Waals surface area contributed by atoms with Crippen molar-refractivity contribution in [3.05, 3.63) is 23.0 Å². The lowest BCUT2D eigenvalue weighted by Crippen LogP contribution is -2.33. The topological polar surface area (TPSA) is 29.3 Å². The molecule has 19 heavy (non-hydrogen) atoms. The van der Waals surface area contributed by atoms with Crippen LogP contribution >= 0.6 is 11.3 Å². The minimum Gasteiger partial charge on any atom is -0.311 e. The van der Waals surface area contributed by atoms with Crippen molar-refractivity contribution in [2.45, 2.75) is 52.5 Å². The quantitative estimate of drug-likeness (QED) is 0.922. The van der Waals surface area contributed by atoms with Crippen molar-refractivity contribution < 1.29 is 0 Å². The third-order valence-corrected chi connectivity index (χ3v) is 5.22. The fourth-order valence-corrected chi connectivity index (χ4v) is 4.00. The summed E-state index contributed by atoms with van der Waals surface area (Å²) in [6, 6.07) is 0. The van der Waals surface area contributed by atoms with Gasteiger partial charge in [0.1, 0.15) is 0 Å². The molecule has 3 rings (SSSR count). The molecule has 2 aromatic heterocycles. The SMILES string of the molecule is Cc1nc2sccn2c1CNCC1(C)CCCCC1. The Bertz CT molecular complexity index is 549. The van der Waals surface area contributed by atoms with Crippen LogP contribution in [-0.4, -0.2) is 15.9 Å². The molecule has 1 fully saturated rings. The Morgan fingerprint density at radius 2 is 2.16 bits per heavy atom.